The Hall–Kier alpha value is -1.80. The zero-order valence-corrected chi connectivity index (χ0v) is 11.7. The van der Waals surface area contributed by atoms with Crippen LogP contribution in [0.1, 0.15) is 34.6 Å². The van der Waals surface area contributed by atoms with Gasteiger partial charge in [-0.05, 0) is 47.2 Å². The Labute approximate surface area is 123 Å². The highest BCUT2D eigenvalue weighted by atomic mass is 35.5. The summed E-state index contributed by atoms with van der Waals surface area (Å²) < 4.78 is 0. The van der Waals surface area contributed by atoms with Crippen molar-refractivity contribution in [3.8, 4) is 0 Å². The van der Waals surface area contributed by atoms with Crippen LogP contribution in [0.3, 0.4) is 0 Å². The summed E-state index contributed by atoms with van der Waals surface area (Å²) in [6.07, 6.45) is 1.95. The monoisotopic (exact) mass is 286 g/mol. The molecule has 0 spiro atoms. The number of hydrogen-bond acceptors (Lipinski definition) is 1. The average molecular weight is 287 g/mol. The molecule has 0 heterocycles. The van der Waals surface area contributed by atoms with Crippen LogP contribution in [-0.2, 0) is 17.6 Å². The third kappa shape index (κ3) is 2.44. The molecular weight excluding hydrogens is 272 g/mol. The summed E-state index contributed by atoms with van der Waals surface area (Å²) in [4.78, 5) is 11.2. The summed E-state index contributed by atoms with van der Waals surface area (Å²) in [5.41, 5.74) is 4.64. The predicted octanol–water partition coefficient (Wildman–Crippen LogP) is 4.05. The topological polar surface area (TPSA) is 37.3 Å². The Morgan fingerprint density at radius 3 is 2.60 bits per heavy atom. The Morgan fingerprint density at radius 1 is 1.10 bits per heavy atom. The summed E-state index contributed by atoms with van der Waals surface area (Å²) in [6, 6.07) is 13.9. The van der Waals surface area contributed by atoms with Gasteiger partial charge in [0.25, 0.3) is 0 Å². The van der Waals surface area contributed by atoms with E-state index in [-0.39, 0.29) is 12.3 Å². The van der Waals surface area contributed by atoms with Crippen molar-refractivity contribution in [2.24, 2.45) is 0 Å². The molecule has 2 nitrogen and oxygen atoms in total. The lowest BCUT2D eigenvalue weighted by atomic mass is 9.86. The molecule has 2 aromatic rings. The number of benzene rings is 2. The summed E-state index contributed by atoms with van der Waals surface area (Å²) in [7, 11) is 0. The van der Waals surface area contributed by atoms with Gasteiger partial charge >= 0.3 is 5.97 Å². The van der Waals surface area contributed by atoms with Crippen LogP contribution < -0.4 is 0 Å². The first kappa shape index (κ1) is 13.2. The van der Waals surface area contributed by atoms with Crippen LogP contribution in [-0.4, -0.2) is 11.1 Å². The number of carbonyl (C=O) groups is 1. The molecule has 0 fully saturated rings. The molecule has 0 amide bonds. The molecule has 0 saturated heterocycles. The van der Waals surface area contributed by atoms with Crippen molar-refractivity contribution in [3.63, 3.8) is 0 Å². The molecule has 0 bridgehead atoms. The second-order valence-electron chi connectivity index (χ2n) is 5.19. The molecule has 3 rings (SSSR count). The first-order valence-corrected chi connectivity index (χ1v) is 7.11. The van der Waals surface area contributed by atoms with E-state index in [0.717, 1.165) is 24.0 Å². The second kappa shape index (κ2) is 5.29. The summed E-state index contributed by atoms with van der Waals surface area (Å²) >= 11 is 6.08. The van der Waals surface area contributed by atoms with Gasteiger partial charge in [0.15, 0.2) is 0 Å². The van der Waals surface area contributed by atoms with E-state index in [9.17, 15) is 9.90 Å². The fourth-order valence-corrected chi connectivity index (χ4v) is 3.26. The van der Waals surface area contributed by atoms with Crippen molar-refractivity contribution in [3.05, 3.63) is 69.7 Å². The van der Waals surface area contributed by atoms with Gasteiger partial charge in [0, 0.05) is 10.9 Å². The number of aliphatic carboxylic acids is 1. The number of carboxylic acid groups (broad SMARTS) is 1. The number of carboxylic acids is 1. The van der Waals surface area contributed by atoms with E-state index in [1.54, 1.807) is 0 Å². The molecule has 1 atom stereocenters. The molecule has 2 aromatic carbocycles. The zero-order chi connectivity index (χ0) is 14.1. The Kier molecular flexibility index (Phi) is 3.49. The average Bonchev–Trinajstić information content (AvgIpc) is 2.57. The largest absolute Gasteiger partial charge is 0.481 e. The lowest BCUT2D eigenvalue weighted by Gasteiger charge is -2.18. The number of rotatable bonds is 2. The van der Waals surface area contributed by atoms with Crippen LogP contribution in [0.25, 0.3) is 0 Å². The van der Waals surface area contributed by atoms with Crippen molar-refractivity contribution < 1.29 is 9.90 Å². The highest BCUT2D eigenvalue weighted by Crippen LogP contribution is 2.37. The number of halogens is 1. The van der Waals surface area contributed by atoms with Gasteiger partial charge in [-0.3, -0.25) is 4.79 Å². The lowest BCUT2D eigenvalue weighted by Crippen LogP contribution is -2.09. The van der Waals surface area contributed by atoms with E-state index >= 15 is 0 Å². The molecule has 0 radical (unpaired) electrons. The van der Waals surface area contributed by atoms with Crippen LogP contribution in [0.2, 0.25) is 5.02 Å². The molecule has 1 aliphatic rings. The van der Waals surface area contributed by atoms with Crippen molar-refractivity contribution in [1.82, 2.24) is 0 Å². The van der Waals surface area contributed by atoms with Crippen LogP contribution in [0.15, 0.2) is 42.5 Å². The predicted molar refractivity (Wildman–Crippen MR) is 79.4 cm³/mol. The van der Waals surface area contributed by atoms with Crippen LogP contribution >= 0.6 is 11.6 Å². The third-order valence-corrected chi connectivity index (χ3v) is 4.19. The molecule has 102 valence electrons. The van der Waals surface area contributed by atoms with Crippen molar-refractivity contribution in [2.75, 3.05) is 0 Å². The molecule has 3 heteroatoms. The molecule has 0 aliphatic heterocycles. The highest BCUT2D eigenvalue weighted by molar-refractivity contribution is 6.30. The first-order chi connectivity index (χ1) is 9.65. The fraction of sp³-hybridized carbons (Fsp3) is 0.235. The molecule has 20 heavy (non-hydrogen) atoms. The Balaban J connectivity index is 2.16. The van der Waals surface area contributed by atoms with Crippen molar-refractivity contribution >= 4 is 17.6 Å². The molecule has 0 unspecified atom stereocenters. The van der Waals surface area contributed by atoms with Gasteiger partial charge in [0.05, 0.1) is 6.42 Å². The van der Waals surface area contributed by atoms with Crippen molar-refractivity contribution in [1.29, 1.82) is 0 Å². The van der Waals surface area contributed by atoms with Crippen LogP contribution in [0.5, 0.6) is 0 Å². The normalized spacial score (nSPS) is 16.9. The molecule has 0 aromatic heterocycles. The maximum Gasteiger partial charge on any atom is 0.304 e. The lowest BCUT2D eigenvalue weighted by molar-refractivity contribution is -0.137. The van der Waals surface area contributed by atoms with Gasteiger partial charge in [-0.25, -0.2) is 0 Å². The standard InChI is InChI=1S/C17H15ClO2/c18-13-7-8-15-12(9-13)6-5-11-3-1-2-4-14(11)16(15)10-17(19)20/h1-4,7-9,16H,5-6,10H2,(H,19,20)/t16-/m1/s1. The van der Waals surface area contributed by atoms with E-state index in [2.05, 4.69) is 6.07 Å². The van der Waals surface area contributed by atoms with E-state index in [0.29, 0.717) is 5.02 Å². The van der Waals surface area contributed by atoms with Crippen molar-refractivity contribution in [2.45, 2.75) is 25.2 Å². The number of aryl methyl sites for hydroxylation is 2. The van der Waals surface area contributed by atoms with E-state index in [1.807, 2.05) is 36.4 Å². The molecular formula is C17H15ClO2. The summed E-state index contributed by atoms with van der Waals surface area (Å²) in [6.45, 7) is 0. The summed E-state index contributed by atoms with van der Waals surface area (Å²) in [5.74, 6) is -0.855. The van der Waals surface area contributed by atoms with Crippen LogP contribution in [0.4, 0.5) is 0 Å². The Morgan fingerprint density at radius 2 is 1.80 bits per heavy atom. The Bertz CT molecular complexity index is 664. The second-order valence-corrected chi connectivity index (χ2v) is 5.63. The third-order valence-electron chi connectivity index (χ3n) is 3.95. The van der Waals surface area contributed by atoms with Gasteiger partial charge in [0.2, 0.25) is 0 Å². The minimum atomic E-state index is -0.771. The maximum absolute atomic E-state index is 11.2. The molecule has 0 saturated carbocycles. The van der Waals surface area contributed by atoms with Gasteiger partial charge in [-0.1, -0.05) is 41.9 Å². The fourth-order valence-electron chi connectivity index (χ4n) is 3.06. The highest BCUT2D eigenvalue weighted by Gasteiger charge is 2.25. The minimum absolute atomic E-state index is 0.0848. The van der Waals surface area contributed by atoms with Gasteiger partial charge < -0.3 is 5.11 Å². The maximum atomic E-state index is 11.2. The van der Waals surface area contributed by atoms with E-state index < -0.39 is 5.97 Å². The zero-order valence-electron chi connectivity index (χ0n) is 11.0. The SMILES string of the molecule is O=C(O)C[C@@H]1c2ccccc2CCc2cc(Cl)ccc21. The molecule has 1 aliphatic carbocycles. The van der Waals surface area contributed by atoms with Gasteiger partial charge in [0.1, 0.15) is 0 Å². The number of fused-ring (bicyclic) bond motifs is 2. The van der Waals surface area contributed by atoms with Gasteiger partial charge in [-0.15, -0.1) is 0 Å². The van der Waals surface area contributed by atoms with E-state index in [4.69, 9.17) is 11.6 Å². The van der Waals surface area contributed by atoms with E-state index in [1.165, 1.54) is 11.1 Å². The van der Waals surface area contributed by atoms with Crippen LogP contribution in [0, 0.1) is 0 Å². The van der Waals surface area contributed by atoms with Gasteiger partial charge in [-0.2, -0.15) is 0 Å². The minimum Gasteiger partial charge on any atom is -0.481 e. The molecule has 1 N–H and O–H groups in total. The first-order valence-electron chi connectivity index (χ1n) is 6.73. The number of hydrogen-bond donors (Lipinski definition) is 1. The quantitative estimate of drug-likeness (QED) is 0.904. The summed E-state index contributed by atoms with van der Waals surface area (Å²) in [5, 5.41) is 9.95. The smallest absolute Gasteiger partial charge is 0.304 e.